The predicted octanol–water partition coefficient (Wildman–Crippen LogP) is 3.02. The zero-order valence-corrected chi connectivity index (χ0v) is 11.9. The van der Waals surface area contributed by atoms with Crippen molar-refractivity contribution in [2.45, 2.75) is 6.42 Å². The Kier molecular flexibility index (Phi) is 4.77. The highest BCUT2D eigenvalue weighted by atomic mass is 19.1. The van der Waals surface area contributed by atoms with Gasteiger partial charge in [0.25, 0.3) is 0 Å². The second-order valence-corrected chi connectivity index (χ2v) is 4.42. The van der Waals surface area contributed by atoms with Gasteiger partial charge in [-0.1, -0.05) is 12.1 Å². The lowest BCUT2D eigenvalue weighted by atomic mass is 10.1. The van der Waals surface area contributed by atoms with Crippen LogP contribution in [-0.4, -0.2) is 20.1 Å². The van der Waals surface area contributed by atoms with Gasteiger partial charge < -0.3 is 14.8 Å². The molecule has 0 unspecified atom stereocenters. The Labute approximate surface area is 122 Å². The van der Waals surface area contributed by atoms with Gasteiger partial charge in [-0.2, -0.15) is 0 Å². The summed E-state index contributed by atoms with van der Waals surface area (Å²) in [6.45, 7) is 0. The summed E-state index contributed by atoms with van der Waals surface area (Å²) >= 11 is 0. The van der Waals surface area contributed by atoms with Gasteiger partial charge in [0.1, 0.15) is 17.3 Å². The summed E-state index contributed by atoms with van der Waals surface area (Å²) in [6.07, 6.45) is 0.213. The van der Waals surface area contributed by atoms with Crippen LogP contribution in [0.5, 0.6) is 11.5 Å². The summed E-state index contributed by atoms with van der Waals surface area (Å²) in [7, 11) is 3.01. The Morgan fingerprint density at radius 2 is 1.81 bits per heavy atom. The van der Waals surface area contributed by atoms with Crippen LogP contribution in [0.3, 0.4) is 0 Å². The third kappa shape index (κ3) is 3.95. The average Bonchev–Trinajstić information content (AvgIpc) is 2.49. The molecule has 5 heteroatoms. The number of rotatable bonds is 5. The number of benzene rings is 2. The Hall–Kier alpha value is -2.56. The lowest BCUT2D eigenvalue weighted by molar-refractivity contribution is -0.115. The molecule has 2 rings (SSSR count). The van der Waals surface area contributed by atoms with E-state index in [-0.39, 0.29) is 18.1 Å². The van der Waals surface area contributed by atoms with Crippen LogP contribution in [-0.2, 0) is 11.2 Å². The first-order chi connectivity index (χ1) is 10.1. The number of hydrogen-bond donors (Lipinski definition) is 1. The maximum absolute atomic E-state index is 13.1. The van der Waals surface area contributed by atoms with Crippen molar-refractivity contribution in [3.63, 3.8) is 0 Å². The van der Waals surface area contributed by atoms with Crippen LogP contribution in [0.15, 0.2) is 42.5 Å². The summed E-state index contributed by atoms with van der Waals surface area (Å²) in [5.74, 6) is 0.405. The number of hydrogen-bond acceptors (Lipinski definition) is 3. The van der Waals surface area contributed by atoms with Crippen molar-refractivity contribution in [2.75, 3.05) is 19.5 Å². The number of amides is 1. The molecule has 0 bridgehead atoms. The van der Waals surface area contributed by atoms with Crippen LogP contribution in [0.25, 0.3) is 0 Å². The Morgan fingerprint density at radius 3 is 2.43 bits per heavy atom. The van der Waals surface area contributed by atoms with Crippen molar-refractivity contribution in [3.05, 3.63) is 53.8 Å². The van der Waals surface area contributed by atoms with Crippen LogP contribution >= 0.6 is 0 Å². The van der Waals surface area contributed by atoms with Gasteiger partial charge in [-0.25, -0.2) is 4.39 Å². The molecule has 2 aromatic rings. The summed E-state index contributed by atoms with van der Waals surface area (Å²) in [4.78, 5) is 12.0. The minimum Gasteiger partial charge on any atom is -0.497 e. The summed E-state index contributed by atoms with van der Waals surface area (Å²) in [5.41, 5.74) is 1.30. The van der Waals surface area contributed by atoms with E-state index in [2.05, 4.69) is 5.32 Å². The van der Waals surface area contributed by atoms with Crippen LogP contribution in [0.2, 0.25) is 0 Å². The molecule has 1 amide bonds. The quantitative estimate of drug-likeness (QED) is 0.920. The van der Waals surface area contributed by atoms with Gasteiger partial charge in [-0.05, 0) is 29.8 Å². The number of methoxy groups -OCH3 is 2. The molecule has 0 heterocycles. The van der Waals surface area contributed by atoms with E-state index >= 15 is 0 Å². The fraction of sp³-hybridized carbons (Fsp3) is 0.188. The number of anilines is 1. The number of ether oxygens (including phenoxy) is 2. The van der Waals surface area contributed by atoms with Crippen LogP contribution in [0, 0.1) is 5.82 Å². The molecule has 0 saturated carbocycles. The van der Waals surface area contributed by atoms with Crippen molar-refractivity contribution in [3.8, 4) is 11.5 Å². The molecule has 0 fully saturated rings. The lowest BCUT2D eigenvalue weighted by Gasteiger charge is -2.10. The summed E-state index contributed by atoms with van der Waals surface area (Å²) < 4.78 is 23.2. The molecule has 21 heavy (non-hydrogen) atoms. The highest BCUT2D eigenvalue weighted by Gasteiger charge is 2.09. The van der Waals surface area contributed by atoms with E-state index in [4.69, 9.17) is 9.47 Å². The molecule has 0 aliphatic rings. The Bertz CT molecular complexity index is 626. The third-order valence-corrected chi connectivity index (χ3v) is 2.96. The largest absolute Gasteiger partial charge is 0.497 e. The molecule has 0 aliphatic carbocycles. The maximum atomic E-state index is 13.1. The average molecular weight is 289 g/mol. The highest BCUT2D eigenvalue weighted by Crippen LogP contribution is 2.25. The first-order valence-electron chi connectivity index (χ1n) is 6.38. The van der Waals surface area contributed by atoms with Crippen molar-refractivity contribution < 1.29 is 18.7 Å². The zero-order chi connectivity index (χ0) is 15.2. The van der Waals surface area contributed by atoms with E-state index in [0.29, 0.717) is 5.69 Å². The van der Waals surface area contributed by atoms with Gasteiger partial charge in [-0.3, -0.25) is 4.79 Å². The van der Waals surface area contributed by atoms with Gasteiger partial charge >= 0.3 is 0 Å². The molecule has 0 aromatic heterocycles. The molecule has 4 nitrogen and oxygen atoms in total. The number of carbonyl (C=O) groups excluding carboxylic acids is 1. The summed E-state index contributed by atoms with van der Waals surface area (Å²) in [5, 5.41) is 2.70. The highest BCUT2D eigenvalue weighted by molar-refractivity contribution is 5.93. The predicted molar refractivity (Wildman–Crippen MR) is 78.3 cm³/mol. The molecule has 2 aromatic carbocycles. The fourth-order valence-electron chi connectivity index (χ4n) is 1.89. The first-order valence-corrected chi connectivity index (χ1v) is 6.38. The molecule has 1 N–H and O–H groups in total. The third-order valence-electron chi connectivity index (χ3n) is 2.96. The van der Waals surface area contributed by atoms with E-state index in [0.717, 1.165) is 11.3 Å². The first kappa shape index (κ1) is 14.8. The standard InChI is InChI=1S/C16H16FNO3/c1-20-13-6-3-11(4-7-13)9-16(19)18-14-8-5-12(17)10-15(14)21-2/h3-8,10H,9H2,1-2H3,(H,18,19). The molecular weight excluding hydrogens is 273 g/mol. The minimum atomic E-state index is -0.417. The van der Waals surface area contributed by atoms with Gasteiger partial charge in [0.15, 0.2) is 0 Å². The number of halogens is 1. The van der Waals surface area contributed by atoms with Crippen molar-refractivity contribution in [2.24, 2.45) is 0 Å². The van der Waals surface area contributed by atoms with Gasteiger partial charge in [0.05, 0.1) is 26.3 Å². The van der Waals surface area contributed by atoms with E-state index in [1.807, 2.05) is 12.1 Å². The Morgan fingerprint density at radius 1 is 1.10 bits per heavy atom. The molecular formula is C16H16FNO3. The summed E-state index contributed by atoms with van der Waals surface area (Å²) in [6, 6.07) is 11.2. The van der Waals surface area contributed by atoms with E-state index in [1.165, 1.54) is 25.3 Å². The number of nitrogens with one attached hydrogen (secondary N) is 1. The topological polar surface area (TPSA) is 47.6 Å². The van der Waals surface area contributed by atoms with Gasteiger partial charge in [0, 0.05) is 6.07 Å². The Balaban J connectivity index is 2.04. The van der Waals surface area contributed by atoms with Crippen LogP contribution in [0.4, 0.5) is 10.1 Å². The van der Waals surface area contributed by atoms with Gasteiger partial charge in [-0.15, -0.1) is 0 Å². The molecule has 0 saturated heterocycles. The van der Waals surface area contributed by atoms with Crippen molar-refractivity contribution >= 4 is 11.6 Å². The molecule has 110 valence electrons. The minimum absolute atomic E-state index is 0.204. The molecule has 0 radical (unpaired) electrons. The zero-order valence-electron chi connectivity index (χ0n) is 11.9. The number of carbonyl (C=O) groups is 1. The smallest absolute Gasteiger partial charge is 0.228 e. The molecule has 0 atom stereocenters. The molecule has 0 spiro atoms. The SMILES string of the molecule is COc1ccc(CC(=O)Nc2ccc(F)cc2OC)cc1. The normalized spacial score (nSPS) is 10.0. The van der Waals surface area contributed by atoms with Crippen LogP contribution < -0.4 is 14.8 Å². The van der Waals surface area contributed by atoms with E-state index < -0.39 is 5.82 Å². The van der Waals surface area contributed by atoms with Gasteiger partial charge in [0.2, 0.25) is 5.91 Å². The van der Waals surface area contributed by atoms with Crippen molar-refractivity contribution in [1.29, 1.82) is 0 Å². The van der Waals surface area contributed by atoms with E-state index in [1.54, 1.807) is 19.2 Å². The monoisotopic (exact) mass is 289 g/mol. The van der Waals surface area contributed by atoms with Crippen LogP contribution in [0.1, 0.15) is 5.56 Å². The molecule has 0 aliphatic heterocycles. The second-order valence-electron chi connectivity index (χ2n) is 4.42. The second kappa shape index (κ2) is 6.74. The van der Waals surface area contributed by atoms with Crippen molar-refractivity contribution in [1.82, 2.24) is 0 Å². The fourth-order valence-corrected chi connectivity index (χ4v) is 1.89. The van der Waals surface area contributed by atoms with E-state index in [9.17, 15) is 9.18 Å². The maximum Gasteiger partial charge on any atom is 0.228 e. The lowest BCUT2D eigenvalue weighted by Crippen LogP contribution is -2.15.